The van der Waals surface area contributed by atoms with Crippen LogP contribution >= 0.6 is 11.6 Å². The molecule has 0 bridgehead atoms. The van der Waals surface area contributed by atoms with Crippen molar-refractivity contribution in [1.82, 2.24) is 5.32 Å². The molecule has 2 aromatic rings. The van der Waals surface area contributed by atoms with Gasteiger partial charge in [0.25, 0.3) is 0 Å². The van der Waals surface area contributed by atoms with Gasteiger partial charge in [0.05, 0.1) is 19.1 Å². The van der Waals surface area contributed by atoms with E-state index in [1.807, 2.05) is 18.2 Å². The van der Waals surface area contributed by atoms with E-state index in [-0.39, 0.29) is 17.9 Å². The van der Waals surface area contributed by atoms with Gasteiger partial charge in [-0.15, -0.1) is 0 Å². The van der Waals surface area contributed by atoms with Crippen LogP contribution in [0, 0.1) is 12.8 Å². The molecule has 0 spiro atoms. The lowest BCUT2D eigenvalue weighted by molar-refractivity contribution is -0.909. The summed E-state index contributed by atoms with van der Waals surface area (Å²) in [5.74, 6) is 0.647. The maximum Gasteiger partial charge on any atom is 0.227 e. The van der Waals surface area contributed by atoms with Crippen molar-refractivity contribution in [2.24, 2.45) is 5.92 Å². The molecule has 0 saturated carbocycles. The fourth-order valence-electron chi connectivity index (χ4n) is 4.02. The second-order valence-corrected chi connectivity index (χ2v) is 8.44. The third kappa shape index (κ3) is 5.10. The first-order chi connectivity index (χ1) is 14.1. The quantitative estimate of drug-likeness (QED) is 0.785. The van der Waals surface area contributed by atoms with E-state index in [9.17, 15) is 4.79 Å². The first kappa shape index (κ1) is 20.2. The highest BCUT2D eigenvalue weighted by Gasteiger charge is 2.30. The van der Waals surface area contributed by atoms with E-state index in [4.69, 9.17) is 21.1 Å². The molecule has 0 aromatic heterocycles. The lowest BCUT2D eigenvalue weighted by atomic mass is 9.95. The number of nitrogens with one attached hydrogen (secondary N) is 2. The zero-order chi connectivity index (χ0) is 20.2. The molecular weight excluding hydrogens is 388 g/mol. The third-order valence-electron chi connectivity index (χ3n) is 5.79. The first-order valence-electron chi connectivity index (χ1n) is 10.3. The number of rotatable bonds is 5. The Morgan fingerprint density at radius 2 is 1.97 bits per heavy atom. The minimum Gasteiger partial charge on any atom is -0.492 e. The van der Waals surface area contributed by atoms with Crippen LogP contribution in [-0.4, -0.2) is 45.4 Å². The average Bonchev–Trinajstić information content (AvgIpc) is 2.74. The monoisotopic (exact) mass is 415 g/mol. The van der Waals surface area contributed by atoms with E-state index in [0.29, 0.717) is 18.1 Å². The summed E-state index contributed by atoms with van der Waals surface area (Å²) in [7, 11) is 0. The van der Waals surface area contributed by atoms with Gasteiger partial charge in [0.1, 0.15) is 38.0 Å². The highest BCUT2D eigenvalue weighted by atomic mass is 35.5. The molecular formula is C23H28ClN2O3+. The molecule has 1 fully saturated rings. The second kappa shape index (κ2) is 9.16. The normalized spacial score (nSPS) is 20.4. The minimum atomic E-state index is -0.214. The Morgan fingerprint density at radius 3 is 2.72 bits per heavy atom. The third-order valence-corrected chi connectivity index (χ3v) is 6.02. The van der Waals surface area contributed by atoms with Crippen molar-refractivity contribution < 1.29 is 19.2 Å². The number of hydrogen-bond acceptors (Lipinski definition) is 3. The Balaban J connectivity index is 1.47. The molecule has 2 aliphatic rings. The molecule has 4 rings (SSSR count). The molecule has 29 heavy (non-hydrogen) atoms. The molecule has 2 heterocycles. The number of benzene rings is 2. The number of hydrogen-bond donors (Lipinski definition) is 2. The lowest BCUT2D eigenvalue weighted by Crippen LogP contribution is -3.14. The molecule has 1 amide bonds. The Hall–Kier alpha value is -2.08. The van der Waals surface area contributed by atoms with Gasteiger partial charge in [0.2, 0.25) is 5.91 Å². The molecule has 6 heteroatoms. The maximum absolute atomic E-state index is 13.1. The Morgan fingerprint density at radius 1 is 1.21 bits per heavy atom. The summed E-state index contributed by atoms with van der Waals surface area (Å²) < 4.78 is 11.3. The number of ether oxygens (including phenoxy) is 2. The predicted molar refractivity (Wildman–Crippen MR) is 113 cm³/mol. The largest absolute Gasteiger partial charge is 0.492 e. The molecule has 0 aliphatic carbocycles. The van der Waals surface area contributed by atoms with Crippen LogP contribution in [-0.2, 0) is 16.0 Å². The topological polar surface area (TPSA) is 52.0 Å². The maximum atomic E-state index is 13.1. The highest BCUT2D eigenvalue weighted by molar-refractivity contribution is 6.30. The van der Waals surface area contributed by atoms with E-state index in [2.05, 4.69) is 36.5 Å². The van der Waals surface area contributed by atoms with E-state index in [1.165, 1.54) is 10.5 Å². The van der Waals surface area contributed by atoms with Gasteiger partial charge in [0.15, 0.2) is 0 Å². The molecule has 154 valence electrons. The van der Waals surface area contributed by atoms with Gasteiger partial charge in [-0.1, -0.05) is 41.4 Å². The van der Waals surface area contributed by atoms with Crippen molar-refractivity contribution in [3.05, 3.63) is 64.2 Å². The fourth-order valence-corrected chi connectivity index (χ4v) is 4.22. The Bertz CT molecular complexity index is 850. The van der Waals surface area contributed by atoms with Gasteiger partial charge >= 0.3 is 0 Å². The van der Waals surface area contributed by atoms with Gasteiger partial charge < -0.3 is 19.7 Å². The number of halogens is 1. The average molecular weight is 416 g/mol. The molecule has 2 aliphatic heterocycles. The number of carbonyl (C=O) groups excluding carboxylic acids is 1. The van der Waals surface area contributed by atoms with Crippen molar-refractivity contribution in [3.63, 3.8) is 0 Å². The Kier molecular flexibility index (Phi) is 6.38. The fraction of sp³-hybridized carbons (Fsp3) is 0.435. The molecule has 5 nitrogen and oxygen atoms in total. The van der Waals surface area contributed by atoms with Crippen LogP contribution in [0.4, 0.5) is 0 Å². The van der Waals surface area contributed by atoms with Gasteiger partial charge in [-0.25, -0.2) is 0 Å². The van der Waals surface area contributed by atoms with Crippen LogP contribution in [0.5, 0.6) is 5.75 Å². The SMILES string of the molecule is Cc1ccc([C@H](C[NH+]2CCOCC2)NC(=O)[C@H]2COc3ccc(Cl)cc3C2)cc1. The van der Waals surface area contributed by atoms with Crippen LogP contribution in [0.2, 0.25) is 5.02 Å². The number of amides is 1. The summed E-state index contributed by atoms with van der Waals surface area (Å²) in [5.41, 5.74) is 3.35. The zero-order valence-corrected chi connectivity index (χ0v) is 17.5. The molecule has 2 N–H and O–H groups in total. The second-order valence-electron chi connectivity index (χ2n) is 8.00. The molecule has 2 aromatic carbocycles. The summed E-state index contributed by atoms with van der Waals surface area (Å²) >= 11 is 6.12. The number of morpholine rings is 1. The van der Waals surface area contributed by atoms with Crippen LogP contribution in [0.3, 0.4) is 0 Å². The van der Waals surface area contributed by atoms with Crippen LogP contribution in [0.25, 0.3) is 0 Å². The van der Waals surface area contributed by atoms with Crippen molar-refractivity contribution >= 4 is 17.5 Å². The van der Waals surface area contributed by atoms with Gasteiger partial charge in [-0.2, -0.15) is 0 Å². The predicted octanol–water partition coefficient (Wildman–Crippen LogP) is 1.97. The van der Waals surface area contributed by atoms with Crippen molar-refractivity contribution in [3.8, 4) is 5.75 Å². The van der Waals surface area contributed by atoms with E-state index < -0.39 is 0 Å². The summed E-state index contributed by atoms with van der Waals surface area (Å²) in [6.45, 7) is 6.81. The number of fused-ring (bicyclic) bond motifs is 1. The summed E-state index contributed by atoms with van der Waals surface area (Å²) in [5, 5.41) is 3.97. The number of aryl methyl sites for hydroxylation is 1. The van der Waals surface area contributed by atoms with Crippen LogP contribution in [0.1, 0.15) is 22.7 Å². The van der Waals surface area contributed by atoms with Gasteiger partial charge in [0, 0.05) is 5.02 Å². The van der Waals surface area contributed by atoms with Crippen molar-refractivity contribution in [1.29, 1.82) is 0 Å². The van der Waals surface area contributed by atoms with Crippen LogP contribution in [0.15, 0.2) is 42.5 Å². The lowest BCUT2D eigenvalue weighted by Gasteiger charge is -2.30. The summed E-state index contributed by atoms with van der Waals surface area (Å²) in [4.78, 5) is 14.6. The molecule has 1 saturated heterocycles. The molecule has 0 radical (unpaired) electrons. The van der Waals surface area contributed by atoms with Crippen molar-refractivity contribution in [2.75, 3.05) is 39.5 Å². The standard InChI is InChI=1S/C23H27ClN2O3/c1-16-2-4-17(5-3-16)21(14-26-8-10-28-11-9-26)25-23(27)19-12-18-13-20(24)6-7-22(18)29-15-19/h2-7,13,19,21H,8-12,14-15H2,1H3,(H,25,27)/p+1/t19-,21+/m1/s1. The van der Waals surface area contributed by atoms with E-state index in [1.54, 1.807) is 0 Å². The Labute approximate surface area is 176 Å². The molecule has 0 unspecified atom stereocenters. The van der Waals surface area contributed by atoms with E-state index >= 15 is 0 Å². The van der Waals surface area contributed by atoms with E-state index in [0.717, 1.165) is 49.7 Å². The number of quaternary nitrogens is 1. The highest BCUT2D eigenvalue weighted by Crippen LogP contribution is 2.30. The first-order valence-corrected chi connectivity index (χ1v) is 10.7. The summed E-state index contributed by atoms with van der Waals surface area (Å²) in [6.07, 6.45) is 0.646. The van der Waals surface area contributed by atoms with Crippen LogP contribution < -0.4 is 15.0 Å². The molecule has 2 atom stereocenters. The zero-order valence-electron chi connectivity index (χ0n) is 16.7. The minimum absolute atomic E-state index is 0.0306. The summed E-state index contributed by atoms with van der Waals surface area (Å²) in [6, 6.07) is 14.0. The van der Waals surface area contributed by atoms with Gasteiger partial charge in [-0.3, -0.25) is 4.79 Å². The van der Waals surface area contributed by atoms with Gasteiger partial charge in [-0.05, 0) is 42.7 Å². The smallest absolute Gasteiger partial charge is 0.227 e. The number of carbonyl (C=O) groups is 1. The van der Waals surface area contributed by atoms with Crippen molar-refractivity contribution in [2.45, 2.75) is 19.4 Å².